The average Bonchev–Trinajstić information content (AvgIpc) is 2.52. The molecule has 0 aliphatic carbocycles. The predicted molar refractivity (Wildman–Crippen MR) is 85.7 cm³/mol. The van der Waals surface area contributed by atoms with E-state index in [9.17, 15) is 9.90 Å². The number of nitrogens with one attached hydrogen (secondary N) is 1. The van der Waals surface area contributed by atoms with Crippen molar-refractivity contribution >= 4 is 5.91 Å². The zero-order valence-corrected chi connectivity index (χ0v) is 13.1. The number of benzene rings is 1. The summed E-state index contributed by atoms with van der Waals surface area (Å²) in [4.78, 5) is 12.1. The first-order chi connectivity index (χ1) is 10.1. The van der Waals surface area contributed by atoms with Crippen LogP contribution in [0.2, 0.25) is 0 Å². The van der Waals surface area contributed by atoms with Gasteiger partial charge in [0.2, 0.25) is 5.91 Å². The van der Waals surface area contributed by atoms with E-state index in [-0.39, 0.29) is 30.4 Å². The van der Waals surface area contributed by atoms with E-state index in [1.807, 2.05) is 30.3 Å². The maximum Gasteiger partial charge on any atom is 0.221 e. The fourth-order valence-electron chi connectivity index (χ4n) is 2.56. The Morgan fingerprint density at radius 3 is 2.43 bits per heavy atom. The molecule has 0 aliphatic rings. The van der Waals surface area contributed by atoms with E-state index in [1.54, 1.807) is 0 Å². The van der Waals surface area contributed by atoms with Gasteiger partial charge in [0.15, 0.2) is 0 Å². The first-order valence-corrected chi connectivity index (χ1v) is 7.75. The van der Waals surface area contributed by atoms with Crippen molar-refractivity contribution in [3.8, 4) is 0 Å². The summed E-state index contributed by atoms with van der Waals surface area (Å²) < 4.78 is 0. The Hall–Kier alpha value is -1.39. The Kier molecular flexibility index (Phi) is 7.40. The van der Waals surface area contributed by atoms with Gasteiger partial charge in [0, 0.05) is 25.6 Å². The number of rotatable bonds is 9. The van der Waals surface area contributed by atoms with E-state index in [1.165, 1.54) is 0 Å². The monoisotopic (exact) mass is 292 g/mol. The van der Waals surface area contributed by atoms with Crippen molar-refractivity contribution in [2.45, 2.75) is 45.6 Å². The molecule has 1 unspecified atom stereocenters. The lowest BCUT2D eigenvalue weighted by Gasteiger charge is -2.31. The van der Waals surface area contributed by atoms with E-state index in [2.05, 4.69) is 19.2 Å². The minimum atomic E-state index is -0.276. The van der Waals surface area contributed by atoms with Crippen LogP contribution in [0.3, 0.4) is 0 Å². The molecule has 1 aromatic rings. The summed E-state index contributed by atoms with van der Waals surface area (Å²) in [5.41, 5.74) is 7.02. The van der Waals surface area contributed by atoms with Crippen molar-refractivity contribution in [3.05, 3.63) is 35.9 Å². The summed E-state index contributed by atoms with van der Waals surface area (Å²) >= 11 is 0. The number of aliphatic hydroxyl groups is 1. The van der Waals surface area contributed by atoms with Crippen molar-refractivity contribution in [3.63, 3.8) is 0 Å². The Morgan fingerprint density at radius 1 is 1.29 bits per heavy atom. The van der Waals surface area contributed by atoms with E-state index in [0.717, 1.165) is 18.4 Å². The molecular formula is C17H28N2O2. The standard InChI is InChI=1S/C17H28N2O2/c1-3-17(4-2,10-11-20)13-19-16(21)12-15(18)14-8-6-5-7-9-14/h5-9,15,20H,3-4,10-13,18H2,1-2H3,(H,19,21). The molecule has 0 heterocycles. The number of carbonyl (C=O) groups is 1. The SMILES string of the molecule is CCC(CC)(CCO)CNC(=O)CC(N)c1ccccc1. The van der Waals surface area contributed by atoms with Crippen LogP contribution in [0.1, 0.15) is 51.1 Å². The van der Waals surface area contributed by atoms with Crippen LogP contribution < -0.4 is 11.1 Å². The lowest BCUT2D eigenvalue weighted by Crippen LogP contribution is -2.38. The van der Waals surface area contributed by atoms with Gasteiger partial charge in [-0.25, -0.2) is 0 Å². The van der Waals surface area contributed by atoms with Gasteiger partial charge in [-0.1, -0.05) is 44.2 Å². The molecule has 0 spiro atoms. The second-order valence-electron chi connectivity index (χ2n) is 5.68. The highest BCUT2D eigenvalue weighted by Gasteiger charge is 2.26. The van der Waals surface area contributed by atoms with Gasteiger partial charge in [0.1, 0.15) is 0 Å². The number of hydrogen-bond acceptors (Lipinski definition) is 3. The summed E-state index contributed by atoms with van der Waals surface area (Å²) in [6.45, 7) is 4.95. The molecule has 0 saturated heterocycles. The topological polar surface area (TPSA) is 75.3 Å². The summed E-state index contributed by atoms with van der Waals surface area (Å²) in [5.74, 6) is -0.0319. The van der Waals surface area contributed by atoms with Gasteiger partial charge in [0.25, 0.3) is 0 Å². The third-order valence-electron chi connectivity index (χ3n) is 4.44. The molecule has 0 saturated carbocycles. The first-order valence-electron chi connectivity index (χ1n) is 7.75. The van der Waals surface area contributed by atoms with Crippen molar-refractivity contribution in [2.75, 3.05) is 13.2 Å². The Balaban J connectivity index is 2.50. The molecule has 0 fully saturated rings. The largest absolute Gasteiger partial charge is 0.396 e. The first kappa shape index (κ1) is 17.7. The fraction of sp³-hybridized carbons (Fsp3) is 0.588. The summed E-state index contributed by atoms with van der Waals surface area (Å²) in [7, 11) is 0. The van der Waals surface area contributed by atoms with Crippen LogP contribution in [0.4, 0.5) is 0 Å². The van der Waals surface area contributed by atoms with Gasteiger partial charge in [0.05, 0.1) is 0 Å². The molecule has 0 aliphatic heterocycles. The van der Waals surface area contributed by atoms with E-state index in [0.29, 0.717) is 13.0 Å². The third kappa shape index (κ3) is 5.48. The van der Waals surface area contributed by atoms with Crippen molar-refractivity contribution in [1.29, 1.82) is 0 Å². The maximum atomic E-state index is 12.1. The second kappa shape index (κ2) is 8.80. The van der Waals surface area contributed by atoms with Crippen molar-refractivity contribution in [1.82, 2.24) is 5.32 Å². The molecule has 0 radical (unpaired) electrons. The summed E-state index contributed by atoms with van der Waals surface area (Å²) in [6, 6.07) is 9.38. The molecule has 4 heteroatoms. The van der Waals surface area contributed by atoms with Crippen molar-refractivity contribution < 1.29 is 9.90 Å². The number of carbonyl (C=O) groups excluding carboxylic acids is 1. The molecule has 1 rings (SSSR count). The highest BCUT2D eigenvalue weighted by Crippen LogP contribution is 2.29. The lowest BCUT2D eigenvalue weighted by atomic mass is 9.79. The average molecular weight is 292 g/mol. The molecule has 1 atom stereocenters. The van der Waals surface area contributed by atoms with Gasteiger partial charge >= 0.3 is 0 Å². The quantitative estimate of drug-likeness (QED) is 0.654. The van der Waals surface area contributed by atoms with E-state index in [4.69, 9.17) is 5.73 Å². The molecule has 0 aromatic heterocycles. The van der Waals surface area contributed by atoms with Crippen LogP contribution in [0.15, 0.2) is 30.3 Å². The zero-order valence-electron chi connectivity index (χ0n) is 13.1. The summed E-state index contributed by atoms with van der Waals surface area (Å²) in [5, 5.41) is 12.2. The second-order valence-corrected chi connectivity index (χ2v) is 5.68. The minimum absolute atomic E-state index is 0.0126. The van der Waals surface area contributed by atoms with E-state index >= 15 is 0 Å². The van der Waals surface area contributed by atoms with E-state index < -0.39 is 0 Å². The third-order valence-corrected chi connectivity index (χ3v) is 4.44. The number of nitrogens with two attached hydrogens (primary N) is 1. The minimum Gasteiger partial charge on any atom is -0.396 e. The fourth-order valence-corrected chi connectivity index (χ4v) is 2.56. The smallest absolute Gasteiger partial charge is 0.221 e. The lowest BCUT2D eigenvalue weighted by molar-refractivity contribution is -0.122. The van der Waals surface area contributed by atoms with Gasteiger partial charge in [-0.3, -0.25) is 4.79 Å². The molecule has 0 bridgehead atoms. The molecule has 1 amide bonds. The zero-order chi connectivity index (χ0) is 15.7. The van der Waals surface area contributed by atoms with Crippen LogP contribution in [-0.4, -0.2) is 24.2 Å². The molecule has 118 valence electrons. The van der Waals surface area contributed by atoms with Gasteiger partial charge in [-0.05, 0) is 30.2 Å². The molecule has 4 N–H and O–H groups in total. The summed E-state index contributed by atoms with van der Waals surface area (Å²) in [6.07, 6.45) is 2.88. The maximum absolute atomic E-state index is 12.1. The van der Waals surface area contributed by atoms with Crippen molar-refractivity contribution in [2.24, 2.45) is 11.1 Å². The number of aliphatic hydroxyl groups excluding tert-OH is 1. The number of amides is 1. The Bertz CT molecular complexity index is 416. The van der Waals surface area contributed by atoms with Gasteiger partial charge in [-0.2, -0.15) is 0 Å². The van der Waals surface area contributed by atoms with Gasteiger partial charge in [-0.15, -0.1) is 0 Å². The van der Waals surface area contributed by atoms with Crippen LogP contribution in [-0.2, 0) is 4.79 Å². The van der Waals surface area contributed by atoms with Crippen LogP contribution in [0.25, 0.3) is 0 Å². The number of hydrogen-bond donors (Lipinski definition) is 3. The Morgan fingerprint density at radius 2 is 1.90 bits per heavy atom. The molecular weight excluding hydrogens is 264 g/mol. The predicted octanol–water partition coefficient (Wildman–Crippen LogP) is 2.38. The molecule has 4 nitrogen and oxygen atoms in total. The highest BCUT2D eigenvalue weighted by molar-refractivity contribution is 5.76. The molecule has 1 aromatic carbocycles. The van der Waals surface area contributed by atoms with Gasteiger partial charge < -0.3 is 16.2 Å². The normalized spacial score (nSPS) is 13.0. The van der Waals surface area contributed by atoms with Crippen LogP contribution in [0.5, 0.6) is 0 Å². The van der Waals surface area contributed by atoms with Crippen LogP contribution in [0, 0.1) is 5.41 Å². The molecule has 21 heavy (non-hydrogen) atoms. The Labute approximate surface area is 127 Å². The van der Waals surface area contributed by atoms with Crippen LogP contribution >= 0.6 is 0 Å². The highest BCUT2D eigenvalue weighted by atomic mass is 16.3.